The smallest absolute Gasteiger partial charge is 0.222 e. The van der Waals surface area contributed by atoms with Crippen molar-refractivity contribution in [2.45, 2.75) is 32.7 Å². The molecule has 0 bridgehead atoms. The molecule has 3 aromatic rings. The van der Waals surface area contributed by atoms with Gasteiger partial charge in [0.05, 0.1) is 0 Å². The molecule has 0 aliphatic rings. The third-order valence-corrected chi connectivity index (χ3v) is 4.91. The van der Waals surface area contributed by atoms with Gasteiger partial charge in [-0.2, -0.15) is 4.39 Å². The summed E-state index contributed by atoms with van der Waals surface area (Å²) in [6, 6.07) is 14.5. The van der Waals surface area contributed by atoms with Crippen molar-refractivity contribution in [3.63, 3.8) is 0 Å². The first-order valence-corrected chi connectivity index (χ1v) is 9.89. The second-order valence-corrected chi connectivity index (χ2v) is 7.14. The largest absolute Gasteiger partial charge is 0.341 e. The number of ketones is 1. The molecule has 0 fully saturated rings. The van der Waals surface area contributed by atoms with Gasteiger partial charge in [0.2, 0.25) is 11.9 Å². The van der Waals surface area contributed by atoms with Crippen molar-refractivity contribution >= 4 is 11.7 Å². The predicted octanol–water partition coefficient (Wildman–Crippen LogP) is 4.47. The van der Waals surface area contributed by atoms with E-state index in [-0.39, 0.29) is 11.7 Å². The molecule has 154 valence electrons. The number of carbonyl (C=O) groups is 2. The van der Waals surface area contributed by atoms with Gasteiger partial charge < -0.3 is 4.90 Å². The van der Waals surface area contributed by atoms with Gasteiger partial charge in [-0.25, -0.2) is 4.98 Å². The van der Waals surface area contributed by atoms with Gasteiger partial charge in [-0.1, -0.05) is 43.3 Å². The molecule has 0 saturated heterocycles. The maximum absolute atomic E-state index is 12.8. The van der Waals surface area contributed by atoms with E-state index in [1.807, 2.05) is 37.3 Å². The lowest BCUT2D eigenvalue weighted by Gasteiger charge is -2.16. The molecule has 0 saturated carbocycles. The summed E-state index contributed by atoms with van der Waals surface area (Å²) < 4.78 is 12.8. The van der Waals surface area contributed by atoms with Crippen molar-refractivity contribution in [3.8, 4) is 11.1 Å². The fourth-order valence-electron chi connectivity index (χ4n) is 3.10. The molecule has 0 unspecified atom stereocenters. The molecule has 2 heterocycles. The lowest BCUT2D eigenvalue weighted by molar-refractivity contribution is -0.130. The number of Topliss-reactive ketones (excluding diaryl/α,β-unsaturated/α-hetero) is 1. The Hall–Kier alpha value is -3.41. The number of hydrogen-bond donors (Lipinski definition) is 0. The number of carbonyl (C=O) groups excluding carboxylic acids is 2. The summed E-state index contributed by atoms with van der Waals surface area (Å²) in [5, 5.41) is 0. The van der Waals surface area contributed by atoms with Gasteiger partial charge in [-0.05, 0) is 35.2 Å². The summed E-state index contributed by atoms with van der Waals surface area (Å²) in [5.74, 6) is -0.485. The molecular weight excluding hydrogens is 381 g/mol. The number of halogens is 1. The molecule has 1 amide bonds. The number of benzene rings is 1. The van der Waals surface area contributed by atoms with Gasteiger partial charge in [-0.15, -0.1) is 0 Å². The molecule has 6 heteroatoms. The van der Waals surface area contributed by atoms with Crippen LogP contribution < -0.4 is 0 Å². The summed E-state index contributed by atoms with van der Waals surface area (Å²) in [5.41, 5.74) is 4.18. The van der Waals surface area contributed by atoms with Crippen molar-refractivity contribution < 1.29 is 14.0 Å². The average molecular weight is 405 g/mol. The van der Waals surface area contributed by atoms with Crippen molar-refractivity contribution in [3.05, 3.63) is 83.7 Å². The van der Waals surface area contributed by atoms with Gasteiger partial charge in [0, 0.05) is 44.4 Å². The number of nitrogens with zero attached hydrogens (tertiary/aromatic N) is 3. The topological polar surface area (TPSA) is 63.2 Å². The van der Waals surface area contributed by atoms with Crippen molar-refractivity contribution in [1.82, 2.24) is 14.9 Å². The molecule has 30 heavy (non-hydrogen) atoms. The number of aromatic nitrogens is 2. The van der Waals surface area contributed by atoms with Gasteiger partial charge in [0.15, 0.2) is 5.78 Å². The standard InChI is InChI=1S/C24H24FN3O2/c1-3-24(30)28(2)16-18-4-8-19(9-5-18)20-10-11-21(26-15-20)22(29)12-6-17-7-13-23(25)27-14-17/h4-5,7-11,13-15H,3,6,12,16H2,1-2H3. The second kappa shape index (κ2) is 9.87. The minimum absolute atomic E-state index is 0.0650. The predicted molar refractivity (Wildman–Crippen MR) is 113 cm³/mol. The van der Waals surface area contributed by atoms with Crippen LogP contribution in [0.15, 0.2) is 60.9 Å². The quantitative estimate of drug-likeness (QED) is 0.410. The van der Waals surface area contributed by atoms with Crippen LogP contribution in [0.25, 0.3) is 11.1 Å². The Morgan fingerprint density at radius 2 is 1.60 bits per heavy atom. The zero-order chi connectivity index (χ0) is 21.5. The molecule has 0 aliphatic heterocycles. The van der Waals surface area contributed by atoms with Crippen LogP contribution in [-0.2, 0) is 17.8 Å². The summed E-state index contributed by atoms with van der Waals surface area (Å²) in [7, 11) is 1.80. The van der Waals surface area contributed by atoms with Crippen LogP contribution in [0.2, 0.25) is 0 Å². The first-order valence-electron chi connectivity index (χ1n) is 9.89. The first-order chi connectivity index (χ1) is 14.5. The Bertz CT molecular complexity index is 1000. The highest BCUT2D eigenvalue weighted by atomic mass is 19.1. The SMILES string of the molecule is CCC(=O)N(C)Cc1ccc(-c2ccc(C(=O)CCc3ccc(F)nc3)nc2)cc1. The van der Waals surface area contributed by atoms with Gasteiger partial charge in [-0.3, -0.25) is 14.6 Å². The van der Waals surface area contributed by atoms with Gasteiger partial charge in [0.25, 0.3) is 0 Å². The fraction of sp³-hybridized carbons (Fsp3) is 0.250. The summed E-state index contributed by atoms with van der Waals surface area (Å²) in [4.78, 5) is 33.7. The molecule has 0 atom stereocenters. The van der Waals surface area contributed by atoms with Crippen LogP contribution in [0, 0.1) is 5.95 Å². The van der Waals surface area contributed by atoms with E-state index in [1.165, 1.54) is 12.3 Å². The molecule has 0 N–H and O–H groups in total. The number of pyridine rings is 2. The van der Waals surface area contributed by atoms with Crippen LogP contribution in [0.5, 0.6) is 0 Å². The minimum Gasteiger partial charge on any atom is -0.341 e. The van der Waals surface area contributed by atoms with E-state index in [0.717, 1.165) is 22.3 Å². The third-order valence-electron chi connectivity index (χ3n) is 4.91. The summed E-state index contributed by atoms with van der Waals surface area (Å²) >= 11 is 0. The van der Waals surface area contributed by atoms with Crippen LogP contribution >= 0.6 is 0 Å². The molecular formula is C24H24FN3O2. The van der Waals surface area contributed by atoms with E-state index in [4.69, 9.17) is 0 Å². The molecule has 1 aromatic carbocycles. The van der Waals surface area contributed by atoms with E-state index in [1.54, 1.807) is 30.3 Å². The molecule has 0 spiro atoms. The van der Waals surface area contributed by atoms with Crippen molar-refractivity contribution in [2.24, 2.45) is 0 Å². The molecule has 0 aliphatic carbocycles. The second-order valence-electron chi connectivity index (χ2n) is 7.14. The highest BCUT2D eigenvalue weighted by Gasteiger charge is 2.10. The summed E-state index contributed by atoms with van der Waals surface area (Å²) in [6.07, 6.45) is 4.41. The Kier molecular flexibility index (Phi) is 7.01. The Labute approximate surface area is 175 Å². The van der Waals surface area contributed by atoms with Crippen molar-refractivity contribution in [2.75, 3.05) is 7.05 Å². The number of amides is 1. The normalized spacial score (nSPS) is 10.6. The molecule has 2 aromatic heterocycles. The highest BCUT2D eigenvalue weighted by Crippen LogP contribution is 2.20. The Morgan fingerprint density at radius 1 is 0.900 bits per heavy atom. The highest BCUT2D eigenvalue weighted by molar-refractivity contribution is 5.94. The van der Waals surface area contributed by atoms with E-state index in [0.29, 0.717) is 31.5 Å². The lowest BCUT2D eigenvalue weighted by Crippen LogP contribution is -2.25. The molecule has 5 nitrogen and oxygen atoms in total. The zero-order valence-electron chi connectivity index (χ0n) is 17.1. The number of aryl methyl sites for hydroxylation is 1. The third kappa shape index (κ3) is 5.56. The molecule has 0 radical (unpaired) electrons. The van der Waals surface area contributed by atoms with Crippen LogP contribution in [0.1, 0.15) is 41.4 Å². The van der Waals surface area contributed by atoms with Crippen LogP contribution in [0.4, 0.5) is 4.39 Å². The summed E-state index contributed by atoms with van der Waals surface area (Å²) in [6.45, 7) is 2.42. The minimum atomic E-state index is -0.531. The van der Waals surface area contributed by atoms with Crippen LogP contribution in [-0.4, -0.2) is 33.6 Å². The number of hydrogen-bond acceptors (Lipinski definition) is 4. The lowest BCUT2D eigenvalue weighted by atomic mass is 10.0. The Morgan fingerprint density at radius 3 is 2.20 bits per heavy atom. The maximum Gasteiger partial charge on any atom is 0.222 e. The van der Waals surface area contributed by atoms with Crippen LogP contribution in [0.3, 0.4) is 0 Å². The van der Waals surface area contributed by atoms with E-state index in [9.17, 15) is 14.0 Å². The van der Waals surface area contributed by atoms with E-state index in [2.05, 4.69) is 9.97 Å². The van der Waals surface area contributed by atoms with Crippen molar-refractivity contribution in [1.29, 1.82) is 0 Å². The monoisotopic (exact) mass is 405 g/mol. The maximum atomic E-state index is 12.8. The molecule has 3 rings (SSSR count). The van der Waals surface area contributed by atoms with E-state index >= 15 is 0 Å². The number of rotatable bonds is 8. The average Bonchev–Trinajstić information content (AvgIpc) is 2.78. The zero-order valence-corrected chi connectivity index (χ0v) is 17.1. The fourth-order valence-corrected chi connectivity index (χ4v) is 3.10. The van der Waals surface area contributed by atoms with Gasteiger partial charge >= 0.3 is 0 Å². The first kappa shape index (κ1) is 21.3. The van der Waals surface area contributed by atoms with Gasteiger partial charge in [0.1, 0.15) is 5.69 Å². The Balaban J connectivity index is 1.60. The van der Waals surface area contributed by atoms with E-state index < -0.39 is 5.95 Å².